The highest BCUT2D eigenvalue weighted by atomic mass is 16.6. The molecule has 10 nitrogen and oxygen atoms in total. The van der Waals surface area contributed by atoms with Crippen LogP contribution in [0.3, 0.4) is 0 Å². The van der Waals surface area contributed by atoms with Crippen molar-refractivity contribution in [3.8, 4) is 5.75 Å². The quantitative estimate of drug-likeness (QED) is 0.449. The maximum absolute atomic E-state index is 12.0. The Hall–Kier alpha value is -3.66. The van der Waals surface area contributed by atoms with E-state index in [-0.39, 0.29) is 30.3 Å². The Morgan fingerprint density at radius 2 is 1.73 bits per heavy atom. The van der Waals surface area contributed by atoms with E-state index in [0.29, 0.717) is 23.7 Å². The summed E-state index contributed by atoms with van der Waals surface area (Å²) < 4.78 is 10.8. The molecule has 2 aromatic rings. The Morgan fingerprint density at radius 3 is 2.33 bits per heavy atom. The molecule has 1 atom stereocenters. The number of urea groups is 1. The monoisotopic (exact) mass is 414 g/mol. The third-order valence-electron chi connectivity index (χ3n) is 4.36. The van der Waals surface area contributed by atoms with Gasteiger partial charge in [0.25, 0.3) is 11.6 Å². The molecule has 1 saturated heterocycles. The minimum Gasteiger partial charge on any atom is -0.484 e. The average molecular weight is 414 g/mol. The number of rotatable bonds is 8. The van der Waals surface area contributed by atoms with Gasteiger partial charge < -0.3 is 25.4 Å². The molecular weight excluding hydrogens is 392 g/mol. The van der Waals surface area contributed by atoms with Crippen LogP contribution < -0.4 is 20.7 Å². The van der Waals surface area contributed by atoms with E-state index in [1.807, 2.05) is 0 Å². The lowest BCUT2D eigenvalue weighted by molar-refractivity contribution is -0.384. The predicted octanol–water partition coefficient (Wildman–Crippen LogP) is 2.91. The minimum absolute atomic E-state index is 0.0546. The number of non-ortho nitro benzene ring substituents is 1. The van der Waals surface area contributed by atoms with E-state index in [9.17, 15) is 19.7 Å². The van der Waals surface area contributed by atoms with Crippen LogP contribution in [0.5, 0.6) is 5.75 Å². The molecule has 0 saturated carbocycles. The smallest absolute Gasteiger partial charge is 0.319 e. The summed E-state index contributed by atoms with van der Waals surface area (Å²) >= 11 is 0. The van der Waals surface area contributed by atoms with Crippen LogP contribution in [0.25, 0.3) is 0 Å². The number of ether oxygens (including phenoxy) is 2. The molecule has 0 bridgehead atoms. The third-order valence-corrected chi connectivity index (χ3v) is 4.36. The second kappa shape index (κ2) is 10.2. The van der Waals surface area contributed by atoms with Gasteiger partial charge in [-0.3, -0.25) is 14.9 Å². The summed E-state index contributed by atoms with van der Waals surface area (Å²) in [5.74, 6) is -0.0346. The van der Waals surface area contributed by atoms with Crippen LogP contribution in [0.1, 0.15) is 12.8 Å². The maximum atomic E-state index is 12.0. The van der Waals surface area contributed by atoms with Gasteiger partial charge in [-0.05, 0) is 49.2 Å². The summed E-state index contributed by atoms with van der Waals surface area (Å²) in [7, 11) is 0. The first-order valence-electron chi connectivity index (χ1n) is 9.43. The van der Waals surface area contributed by atoms with Gasteiger partial charge in [0.15, 0.2) is 6.61 Å². The molecule has 0 radical (unpaired) electrons. The molecule has 158 valence electrons. The van der Waals surface area contributed by atoms with E-state index in [1.165, 1.54) is 24.3 Å². The lowest BCUT2D eigenvalue weighted by Crippen LogP contribution is -2.35. The summed E-state index contributed by atoms with van der Waals surface area (Å²) in [6, 6.07) is 11.8. The zero-order chi connectivity index (χ0) is 21.3. The fraction of sp³-hybridized carbons (Fsp3) is 0.300. The van der Waals surface area contributed by atoms with E-state index < -0.39 is 4.92 Å². The molecule has 1 aliphatic heterocycles. The summed E-state index contributed by atoms with van der Waals surface area (Å²) in [4.78, 5) is 34.0. The van der Waals surface area contributed by atoms with Gasteiger partial charge in [0.2, 0.25) is 0 Å². The van der Waals surface area contributed by atoms with Crippen LogP contribution >= 0.6 is 0 Å². The van der Waals surface area contributed by atoms with Crippen LogP contribution in [0.15, 0.2) is 48.5 Å². The van der Waals surface area contributed by atoms with Gasteiger partial charge in [0.05, 0.1) is 11.0 Å². The Balaban J connectivity index is 1.40. The lowest BCUT2D eigenvalue weighted by Gasteiger charge is -2.12. The van der Waals surface area contributed by atoms with Crippen molar-refractivity contribution in [2.24, 2.45) is 0 Å². The lowest BCUT2D eigenvalue weighted by atomic mass is 10.2. The maximum Gasteiger partial charge on any atom is 0.319 e. The summed E-state index contributed by atoms with van der Waals surface area (Å²) in [6.07, 6.45) is 2.03. The van der Waals surface area contributed by atoms with Crippen molar-refractivity contribution >= 4 is 29.0 Å². The van der Waals surface area contributed by atoms with Gasteiger partial charge in [-0.15, -0.1) is 0 Å². The van der Waals surface area contributed by atoms with Gasteiger partial charge in [-0.2, -0.15) is 0 Å². The first-order chi connectivity index (χ1) is 14.5. The number of carbonyl (C=O) groups excluding carboxylic acids is 2. The number of amides is 3. The zero-order valence-corrected chi connectivity index (χ0v) is 16.1. The molecule has 1 aliphatic rings. The first kappa shape index (κ1) is 21.1. The average Bonchev–Trinajstić information content (AvgIpc) is 3.26. The number of hydrogen-bond donors (Lipinski definition) is 3. The number of nitro groups is 1. The zero-order valence-electron chi connectivity index (χ0n) is 16.1. The molecule has 1 heterocycles. The second-order valence-corrected chi connectivity index (χ2v) is 6.64. The summed E-state index contributed by atoms with van der Waals surface area (Å²) in [5, 5.41) is 18.8. The standard InChI is InChI=1S/C20H22N4O6/c25-19(13-30-17-9-7-16(8-10-17)24(27)28)22-14-3-5-15(6-4-14)23-20(26)21-12-18-2-1-11-29-18/h3-10,18H,1-2,11-13H2,(H,22,25)(H2,21,23,26). The number of hydrogen-bond acceptors (Lipinski definition) is 6. The Morgan fingerprint density at radius 1 is 1.07 bits per heavy atom. The number of benzene rings is 2. The van der Waals surface area contributed by atoms with Crippen molar-refractivity contribution in [1.29, 1.82) is 0 Å². The number of carbonyl (C=O) groups is 2. The van der Waals surface area contributed by atoms with Crippen LogP contribution in [-0.2, 0) is 9.53 Å². The molecular formula is C20H22N4O6. The van der Waals surface area contributed by atoms with Crippen molar-refractivity contribution in [1.82, 2.24) is 5.32 Å². The third kappa shape index (κ3) is 6.45. The van der Waals surface area contributed by atoms with E-state index in [1.54, 1.807) is 24.3 Å². The van der Waals surface area contributed by atoms with Crippen LogP contribution in [0, 0.1) is 10.1 Å². The van der Waals surface area contributed by atoms with Crippen molar-refractivity contribution in [3.63, 3.8) is 0 Å². The highest BCUT2D eigenvalue weighted by Crippen LogP contribution is 2.18. The number of nitrogens with zero attached hydrogens (tertiary/aromatic N) is 1. The molecule has 1 fully saturated rings. The van der Waals surface area contributed by atoms with Gasteiger partial charge in [0, 0.05) is 36.7 Å². The highest BCUT2D eigenvalue weighted by molar-refractivity contribution is 5.93. The molecule has 3 amide bonds. The van der Waals surface area contributed by atoms with Gasteiger partial charge >= 0.3 is 6.03 Å². The van der Waals surface area contributed by atoms with Gasteiger partial charge in [-0.1, -0.05) is 0 Å². The largest absolute Gasteiger partial charge is 0.484 e. The molecule has 3 N–H and O–H groups in total. The van der Waals surface area contributed by atoms with E-state index in [4.69, 9.17) is 9.47 Å². The SMILES string of the molecule is O=C(COc1ccc([N+](=O)[O-])cc1)Nc1ccc(NC(=O)NCC2CCCO2)cc1. The Bertz CT molecular complexity index is 879. The van der Waals surface area contributed by atoms with Crippen molar-refractivity contribution in [2.45, 2.75) is 18.9 Å². The number of nitro benzene ring substituents is 1. The van der Waals surface area contributed by atoms with Crippen molar-refractivity contribution in [2.75, 3.05) is 30.4 Å². The second-order valence-electron chi connectivity index (χ2n) is 6.64. The summed E-state index contributed by atoms with van der Waals surface area (Å²) in [5.41, 5.74) is 1.07. The number of nitrogens with one attached hydrogen (secondary N) is 3. The Labute approximate surface area is 172 Å². The van der Waals surface area contributed by atoms with Crippen molar-refractivity contribution < 1.29 is 24.0 Å². The molecule has 0 aliphatic carbocycles. The molecule has 3 rings (SSSR count). The minimum atomic E-state index is -0.511. The summed E-state index contributed by atoms with van der Waals surface area (Å²) in [6.45, 7) is 0.957. The van der Waals surface area contributed by atoms with Gasteiger partial charge in [0.1, 0.15) is 5.75 Å². The normalized spacial score (nSPS) is 15.3. The Kier molecular flexibility index (Phi) is 7.17. The molecule has 0 aromatic heterocycles. The highest BCUT2D eigenvalue weighted by Gasteiger charge is 2.16. The number of anilines is 2. The van der Waals surface area contributed by atoms with Crippen LogP contribution in [0.4, 0.5) is 21.9 Å². The molecule has 1 unspecified atom stereocenters. The van der Waals surface area contributed by atoms with Crippen LogP contribution in [0.2, 0.25) is 0 Å². The van der Waals surface area contributed by atoms with E-state index in [2.05, 4.69) is 16.0 Å². The van der Waals surface area contributed by atoms with Crippen molar-refractivity contribution in [3.05, 3.63) is 58.6 Å². The predicted molar refractivity (Wildman–Crippen MR) is 110 cm³/mol. The molecule has 10 heteroatoms. The van der Waals surface area contributed by atoms with E-state index >= 15 is 0 Å². The van der Waals surface area contributed by atoms with E-state index in [0.717, 1.165) is 19.4 Å². The molecule has 2 aromatic carbocycles. The fourth-order valence-electron chi connectivity index (χ4n) is 2.83. The van der Waals surface area contributed by atoms with Gasteiger partial charge in [-0.25, -0.2) is 4.79 Å². The topological polar surface area (TPSA) is 132 Å². The first-order valence-corrected chi connectivity index (χ1v) is 9.43. The molecule has 30 heavy (non-hydrogen) atoms. The van der Waals surface area contributed by atoms with Crippen LogP contribution in [-0.4, -0.2) is 42.7 Å². The fourth-order valence-corrected chi connectivity index (χ4v) is 2.83. The molecule has 0 spiro atoms.